The van der Waals surface area contributed by atoms with E-state index >= 15 is 0 Å². The van der Waals surface area contributed by atoms with Crippen LogP contribution in [0, 0.1) is 0 Å². The van der Waals surface area contributed by atoms with E-state index < -0.39 is 6.10 Å². The number of ether oxygens (including phenoxy) is 1. The van der Waals surface area contributed by atoms with Gasteiger partial charge in [-0.2, -0.15) is 0 Å². The van der Waals surface area contributed by atoms with Crippen molar-refractivity contribution < 1.29 is 9.53 Å². The zero-order chi connectivity index (χ0) is 12.5. The first-order valence-electron chi connectivity index (χ1n) is 5.65. The van der Waals surface area contributed by atoms with Crippen LogP contribution in [0.3, 0.4) is 0 Å². The maximum absolute atomic E-state index is 12.0. The third-order valence-corrected chi connectivity index (χ3v) is 4.19. The third-order valence-electron chi connectivity index (χ3n) is 2.81. The van der Waals surface area contributed by atoms with Crippen molar-refractivity contribution >= 4 is 38.8 Å². The van der Waals surface area contributed by atoms with Crippen LogP contribution >= 0.6 is 27.7 Å². The highest BCUT2D eigenvalue weighted by Crippen LogP contribution is 2.31. The van der Waals surface area contributed by atoms with Crippen LogP contribution in [-0.4, -0.2) is 29.5 Å². The van der Waals surface area contributed by atoms with Crippen molar-refractivity contribution in [3.8, 4) is 5.75 Å². The number of halogens is 1. The molecule has 1 atom stereocenters. The molecule has 0 fully saturated rings. The second-order valence-electron chi connectivity index (χ2n) is 4.09. The molecule has 2 aliphatic heterocycles. The Kier molecular flexibility index (Phi) is 3.30. The van der Waals surface area contributed by atoms with Gasteiger partial charge in [0.1, 0.15) is 5.75 Å². The van der Waals surface area contributed by atoms with Crippen LogP contribution in [0.4, 0.5) is 0 Å². The van der Waals surface area contributed by atoms with Crippen molar-refractivity contribution in [1.82, 2.24) is 5.32 Å². The minimum atomic E-state index is -0.446. The number of nitrogens with zero attached hydrogens (tertiary/aromatic N) is 1. The van der Waals surface area contributed by atoms with Crippen molar-refractivity contribution in [2.75, 3.05) is 12.3 Å². The van der Waals surface area contributed by atoms with E-state index in [1.807, 2.05) is 18.2 Å². The molecule has 1 N–H and O–H groups in total. The molecule has 4 nitrogen and oxygen atoms in total. The SMILES string of the molecule is O=C(NC1=NCCS1)[C@H]1Cc2cc(Br)ccc2O1. The summed E-state index contributed by atoms with van der Waals surface area (Å²) in [6.45, 7) is 0.777. The summed E-state index contributed by atoms with van der Waals surface area (Å²) in [7, 11) is 0. The molecule has 0 spiro atoms. The summed E-state index contributed by atoms with van der Waals surface area (Å²) < 4.78 is 6.64. The van der Waals surface area contributed by atoms with Gasteiger partial charge in [0.05, 0.1) is 6.54 Å². The van der Waals surface area contributed by atoms with E-state index in [1.165, 1.54) is 0 Å². The van der Waals surface area contributed by atoms with Gasteiger partial charge in [0.2, 0.25) is 0 Å². The molecule has 2 heterocycles. The van der Waals surface area contributed by atoms with Crippen molar-refractivity contribution in [3.63, 3.8) is 0 Å². The van der Waals surface area contributed by atoms with Crippen LogP contribution in [0.15, 0.2) is 27.7 Å². The highest BCUT2D eigenvalue weighted by molar-refractivity contribution is 9.10. The molecule has 0 bridgehead atoms. The highest BCUT2D eigenvalue weighted by atomic mass is 79.9. The molecule has 1 amide bonds. The van der Waals surface area contributed by atoms with Gasteiger partial charge in [0, 0.05) is 16.6 Å². The lowest BCUT2D eigenvalue weighted by atomic mass is 10.1. The van der Waals surface area contributed by atoms with Crippen molar-refractivity contribution in [1.29, 1.82) is 0 Å². The molecule has 2 aliphatic rings. The van der Waals surface area contributed by atoms with Crippen LogP contribution in [0.2, 0.25) is 0 Å². The van der Waals surface area contributed by atoms with E-state index in [1.54, 1.807) is 11.8 Å². The molecule has 18 heavy (non-hydrogen) atoms. The molecule has 0 aromatic heterocycles. The predicted molar refractivity (Wildman–Crippen MR) is 75.2 cm³/mol. The zero-order valence-corrected chi connectivity index (χ0v) is 11.9. The van der Waals surface area contributed by atoms with E-state index in [0.29, 0.717) is 11.6 Å². The standard InChI is InChI=1S/C12H11BrN2O2S/c13-8-1-2-9-7(5-8)6-10(17-9)11(16)15-12-14-3-4-18-12/h1-2,5,10H,3-4,6H2,(H,14,15,16)/t10-/m1/s1. The van der Waals surface area contributed by atoms with Gasteiger partial charge in [-0.25, -0.2) is 0 Å². The number of amides is 1. The summed E-state index contributed by atoms with van der Waals surface area (Å²) in [6, 6.07) is 5.79. The lowest BCUT2D eigenvalue weighted by Gasteiger charge is -2.10. The number of hydrogen-bond acceptors (Lipinski definition) is 4. The summed E-state index contributed by atoms with van der Waals surface area (Å²) in [6.07, 6.45) is 0.164. The number of benzene rings is 1. The number of nitrogens with one attached hydrogen (secondary N) is 1. The van der Waals surface area contributed by atoms with E-state index in [2.05, 4.69) is 26.2 Å². The van der Waals surface area contributed by atoms with Crippen molar-refractivity contribution in [3.05, 3.63) is 28.2 Å². The monoisotopic (exact) mass is 326 g/mol. The summed E-state index contributed by atoms with van der Waals surface area (Å²) >= 11 is 4.99. The minimum Gasteiger partial charge on any atom is -0.480 e. The number of hydrogen-bond donors (Lipinski definition) is 1. The Morgan fingerprint density at radius 1 is 1.56 bits per heavy atom. The van der Waals surface area contributed by atoms with Gasteiger partial charge in [-0.15, -0.1) is 0 Å². The molecule has 1 aromatic carbocycles. The van der Waals surface area contributed by atoms with Gasteiger partial charge in [-0.1, -0.05) is 27.7 Å². The zero-order valence-electron chi connectivity index (χ0n) is 9.48. The molecule has 0 saturated carbocycles. The lowest BCUT2D eigenvalue weighted by Crippen LogP contribution is -2.39. The van der Waals surface area contributed by atoms with Gasteiger partial charge in [-0.05, 0) is 23.8 Å². The summed E-state index contributed by atoms with van der Waals surface area (Å²) in [4.78, 5) is 16.2. The topological polar surface area (TPSA) is 50.7 Å². The Hall–Kier alpha value is -1.01. The fourth-order valence-corrected chi connectivity index (χ4v) is 3.10. The van der Waals surface area contributed by atoms with E-state index in [-0.39, 0.29) is 5.91 Å². The summed E-state index contributed by atoms with van der Waals surface area (Å²) in [5, 5.41) is 3.52. The Labute approximate surface area is 117 Å². The van der Waals surface area contributed by atoms with E-state index in [9.17, 15) is 4.79 Å². The number of fused-ring (bicyclic) bond motifs is 1. The summed E-state index contributed by atoms with van der Waals surface area (Å²) in [5.41, 5.74) is 1.06. The molecule has 0 radical (unpaired) electrons. The first kappa shape index (κ1) is 12.0. The second-order valence-corrected chi connectivity index (χ2v) is 6.09. The van der Waals surface area contributed by atoms with Crippen LogP contribution in [0.1, 0.15) is 5.56 Å². The molecule has 0 unspecified atom stereocenters. The molecule has 6 heteroatoms. The van der Waals surface area contributed by atoms with Crippen molar-refractivity contribution in [2.45, 2.75) is 12.5 Å². The number of aliphatic imine (C=N–C) groups is 1. The first-order valence-corrected chi connectivity index (χ1v) is 7.43. The maximum atomic E-state index is 12.0. The second kappa shape index (κ2) is 4.93. The van der Waals surface area contributed by atoms with E-state index in [4.69, 9.17) is 4.74 Å². The number of thioether (sulfide) groups is 1. The van der Waals surface area contributed by atoms with Crippen LogP contribution in [-0.2, 0) is 11.2 Å². The van der Waals surface area contributed by atoms with Crippen molar-refractivity contribution in [2.24, 2.45) is 4.99 Å². The molecule has 3 rings (SSSR count). The van der Waals surface area contributed by atoms with Gasteiger partial charge < -0.3 is 10.1 Å². The lowest BCUT2D eigenvalue weighted by molar-refractivity contribution is -0.125. The van der Waals surface area contributed by atoms with Crippen LogP contribution < -0.4 is 10.1 Å². The fraction of sp³-hybridized carbons (Fsp3) is 0.333. The van der Waals surface area contributed by atoms with Gasteiger partial charge in [-0.3, -0.25) is 9.79 Å². The summed E-state index contributed by atoms with van der Waals surface area (Å²) in [5.74, 6) is 1.61. The van der Waals surface area contributed by atoms with Gasteiger partial charge in [0.25, 0.3) is 5.91 Å². The average molecular weight is 327 g/mol. The number of carbonyl (C=O) groups excluding carboxylic acids is 1. The Bertz CT molecular complexity index is 533. The predicted octanol–water partition coefficient (Wildman–Crippen LogP) is 1.97. The van der Waals surface area contributed by atoms with Crippen LogP contribution in [0.5, 0.6) is 5.75 Å². The first-order chi connectivity index (χ1) is 8.72. The minimum absolute atomic E-state index is 0.115. The quantitative estimate of drug-likeness (QED) is 0.858. The van der Waals surface area contributed by atoms with Crippen LogP contribution in [0.25, 0.3) is 0 Å². The molecule has 0 saturated heterocycles. The number of amidine groups is 1. The molecular weight excluding hydrogens is 316 g/mol. The maximum Gasteiger partial charge on any atom is 0.267 e. The molecule has 94 valence electrons. The fourth-order valence-electron chi connectivity index (χ4n) is 1.96. The third kappa shape index (κ3) is 2.40. The Morgan fingerprint density at radius 2 is 2.44 bits per heavy atom. The number of carbonyl (C=O) groups is 1. The van der Waals surface area contributed by atoms with Gasteiger partial charge >= 0.3 is 0 Å². The Morgan fingerprint density at radius 3 is 3.22 bits per heavy atom. The average Bonchev–Trinajstić information content (AvgIpc) is 2.96. The smallest absolute Gasteiger partial charge is 0.267 e. The largest absolute Gasteiger partial charge is 0.480 e. The normalized spacial score (nSPS) is 21.2. The molecule has 1 aromatic rings. The molecular formula is C12H11BrN2O2S. The van der Waals surface area contributed by atoms with Gasteiger partial charge in [0.15, 0.2) is 11.3 Å². The Balaban J connectivity index is 1.68. The number of rotatable bonds is 1. The highest BCUT2D eigenvalue weighted by Gasteiger charge is 2.30. The van der Waals surface area contributed by atoms with E-state index in [0.717, 1.165) is 28.1 Å². The molecule has 0 aliphatic carbocycles.